The SMILES string of the molecule is CCC(Oc1ccc(Cl)cc1)C(=O)OC. The lowest BCUT2D eigenvalue weighted by Gasteiger charge is -2.14. The molecule has 0 saturated heterocycles. The molecule has 1 rings (SSSR count). The molecule has 0 N–H and O–H groups in total. The van der Waals surface area contributed by atoms with E-state index >= 15 is 0 Å². The van der Waals surface area contributed by atoms with Crippen molar-refractivity contribution in [1.82, 2.24) is 0 Å². The molecule has 0 fully saturated rings. The van der Waals surface area contributed by atoms with E-state index in [2.05, 4.69) is 4.74 Å². The number of methoxy groups -OCH3 is 1. The van der Waals surface area contributed by atoms with Crippen molar-refractivity contribution in [2.45, 2.75) is 19.4 Å². The molecule has 0 bridgehead atoms. The van der Waals surface area contributed by atoms with Gasteiger partial charge in [-0.2, -0.15) is 0 Å². The number of carbonyl (C=O) groups excluding carboxylic acids is 1. The van der Waals surface area contributed by atoms with Crippen molar-refractivity contribution in [3.63, 3.8) is 0 Å². The average Bonchev–Trinajstić information content (AvgIpc) is 2.27. The summed E-state index contributed by atoms with van der Waals surface area (Å²) in [6.45, 7) is 1.86. The number of esters is 1. The topological polar surface area (TPSA) is 35.5 Å². The molecular weight excluding hydrogens is 216 g/mol. The van der Waals surface area contributed by atoms with Gasteiger partial charge in [0.2, 0.25) is 0 Å². The Kier molecular flexibility index (Phi) is 4.43. The number of hydrogen-bond acceptors (Lipinski definition) is 3. The summed E-state index contributed by atoms with van der Waals surface area (Å²) in [7, 11) is 1.34. The number of benzene rings is 1. The molecule has 0 aliphatic carbocycles. The van der Waals surface area contributed by atoms with Gasteiger partial charge in [-0.1, -0.05) is 18.5 Å². The highest BCUT2D eigenvalue weighted by Gasteiger charge is 2.18. The highest BCUT2D eigenvalue weighted by Crippen LogP contribution is 2.17. The Balaban J connectivity index is 2.66. The summed E-state index contributed by atoms with van der Waals surface area (Å²) in [5.74, 6) is 0.240. The van der Waals surface area contributed by atoms with Crippen LogP contribution < -0.4 is 4.74 Å². The zero-order chi connectivity index (χ0) is 11.3. The van der Waals surface area contributed by atoms with E-state index in [4.69, 9.17) is 16.3 Å². The van der Waals surface area contributed by atoms with Crippen LogP contribution in [-0.4, -0.2) is 19.2 Å². The van der Waals surface area contributed by atoms with Gasteiger partial charge >= 0.3 is 5.97 Å². The molecule has 4 heteroatoms. The molecule has 0 aliphatic heterocycles. The van der Waals surface area contributed by atoms with E-state index in [1.54, 1.807) is 24.3 Å². The number of halogens is 1. The third-order valence-electron chi connectivity index (χ3n) is 1.93. The molecular formula is C11H13ClO3. The maximum Gasteiger partial charge on any atom is 0.347 e. The third-order valence-corrected chi connectivity index (χ3v) is 2.18. The second kappa shape index (κ2) is 5.61. The van der Waals surface area contributed by atoms with E-state index < -0.39 is 6.10 Å². The molecule has 1 aromatic rings. The molecule has 0 radical (unpaired) electrons. The van der Waals surface area contributed by atoms with Crippen LogP contribution in [0.4, 0.5) is 0 Å². The molecule has 3 nitrogen and oxygen atoms in total. The molecule has 0 saturated carbocycles. The minimum absolute atomic E-state index is 0.368. The Morgan fingerprint density at radius 2 is 2.00 bits per heavy atom. The quantitative estimate of drug-likeness (QED) is 0.744. The van der Waals surface area contributed by atoms with Crippen LogP contribution in [0.3, 0.4) is 0 Å². The van der Waals surface area contributed by atoms with Crippen molar-refractivity contribution in [2.24, 2.45) is 0 Å². The Hall–Kier alpha value is -1.22. The standard InChI is InChI=1S/C11H13ClO3/c1-3-10(11(13)14-2)15-9-6-4-8(12)5-7-9/h4-7,10H,3H2,1-2H3. The Morgan fingerprint density at radius 3 is 2.47 bits per heavy atom. The zero-order valence-electron chi connectivity index (χ0n) is 8.70. The van der Waals surface area contributed by atoms with Gasteiger partial charge in [-0.25, -0.2) is 4.79 Å². The second-order valence-electron chi connectivity index (χ2n) is 2.99. The molecule has 0 aliphatic rings. The molecule has 82 valence electrons. The first-order chi connectivity index (χ1) is 7.17. The van der Waals surface area contributed by atoms with Crippen LogP contribution >= 0.6 is 11.6 Å². The van der Waals surface area contributed by atoms with Crippen LogP contribution in [0.25, 0.3) is 0 Å². The van der Waals surface area contributed by atoms with Crippen molar-refractivity contribution >= 4 is 17.6 Å². The number of ether oxygens (including phenoxy) is 2. The fraction of sp³-hybridized carbons (Fsp3) is 0.364. The van der Waals surface area contributed by atoms with Crippen molar-refractivity contribution in [3.05, 3.63) is 29.3 Å². The first kappa shape index (κ1) is 11.9. The summed E-state index contributed by atoms with van der Waals surface area (Å²) >= 11 is 5.72. The van der Waals surface area contributed by atoms with E-state index in [1.807, 2.05) is 6.92 Å². The molecule has 1 unspecified atom stereocenters. The average molecular weight is 229 g/mol. The van der Waals surface area contributed by atoms with Crippen molar-refractivity contribution in [2.75, 3.05) is 7.11 Å². The number of rotatable bonds is 4. The lowest BCUT2D eigenvalue weighted by atomic mass is 10.2. The third kappa shape index (κ3) is 3.44. The van der Waals surface area contributed by atoms with Crippen molar-refractivity contribution < 1.29 is 14.3 Å². The minimum Gasteiger partial charge on any atom is -0.479 e. The predicted molar refractivity (Wildman–Crippen MR) is 58.2 cm³/mol. The monoisotopic (exact) mass is 228 g/mol. The highest BCUT2D eigenvalue weighted by atomic mass is 35.5. The fourth-order valence-electron chi connectivity index (χ4n) is 1.11. The Morgan fingerprint density at radius 1 is 1.40 bits per heavy atom. The normalized spacial score (nSPS) is 11.9. The first-order valence-corrected chi connectivity index (χ1v) is 5.05. The summed E-state index contributed by atoms with van der Waals surface area (Å²) in [5.41, 5.74) is 0. The van der Waals surface area contributed by atoms with Gasteiger partial charge in [-0.3, -0.25) is 0 Å². The maximum absolute atomic E-state index is 11.2. The molecule has 0 spiro atoms. The lowest BCUT2D eigenvalue weighted by Crippen LogP contribution is -2.27. The van der Waals surface area contributed by atoms with Crippen molar-refractivity contribution in [3.8, 4) is 5.75 Å². The van der Waals surface area contributed by atoms with Crippen LogP contribution in [0.5, 0.6) is 5.75 Å². The van der Waals surface area contributed by atoms with Crippen LogP contribution in [0, 0.1) is 0 Å². The van der Waals surface area contributed by atoms with Gasteiger partial charge in [-0.15, -0.1) is 0 Å². The fourth-order valence-corrected chi connectivity index (χ4v) is 1.23. The van der Waals surface area contributed by atoms with Crippen LogP contribution in [-0.2, 0) is 9.53 Å². The van der Waals surface area contributed by atoms with E-state index in [0.29, 0.717) is 17.2 Å². The maximum atomic E-state index is 11.2. The summed E-state index contributed by atoms with van der Waals surface area (Å²) in [6, 6.07) is 6.85. The smallest absolute Gasteiger partial charge is 0.347 e. The summed E-state index contributed by atoms with van der Waals surface area (Å²) in [5, 5.41) is 0.633. The molecule has 1 aromatic carbocycles. The first-order valence-electron chi connectivity index (χ1n) is 4.67. The van der Waals surface area contributed by atoms with Gasteiger partial charge in [0.1, 0.15) is 5.75 Å². The number of hydrogen-bond donors (Lipinski definition) is 0. The highest BCUT2D eigenvalue weighted by molar-refractivity contribution is 6.30. The van der Waals surface area contributed by atoms with Crippen molar-refractivity contribution in [1.29, 1.82) is 0 Å². The van der Waals surface area contributed by atoms with Gasteiger partial charge in [-0.05, 0) is 30.7 Å². The Bertz CT molecular complexity index is 321. The van der Waals surface area contributed by atoms with Gasteiger partial charge in [0.05, 0.1) is 7.11 Å². The molecule has 0 aromatic heterocycles. The van der Waals surface area contributed by atoms with Gasteiger partial charge < -0.3 is 9.47 Å². The Labute approximate surface area is 93.9 Å². The second-order valence-corrected chi connectivity index (χ2v) is 3.43. The molecule has 1 atom stereocenters. The summed E-state index contributed by atoms with van der Waals surface area (Å²) in [6.07, 6.45) is 0.00568. The largest absolute Gasteiger partial charge is 0.479 e. The molecule has 0 heterocycles. The van der Waals surface area contributed by atoms with E-state index in [-0.39, 0.29) is 5.97 Å². The zero-order valence-corrected chi connectivity index (χ0v) is 9.45. The number of carbonyl (C=O) groups is 1. The van der Waals surface area contributed by atoms with Crippen LogP contribution in [0.1, 0.15) is 13.3 Å². The lowest BCUT2D eigenvalue weighted by molar-refractivity contribution is -0.148. The van der Waals surface area contributed by atoms with Crippen LogP contribution in [0.15, 0.2) is 24.3 Å². The van der Waals surface area contributed by atoms with Gasteiger partial charge in [0.15, 0.2) is 6.10 Å². The molecule has 0 amide bonds. The predicted octanol–water partition coefficient (Wildman–Crippen LogP) is 2.67. The van der Waals surface area contributed by atoms with Crippen LogP contribution in [0.2, 0.25) is 5.02 Å². The van der Waals surface area contributed by atoms with Gasteiger partial charge in [0, 0.05) is 5.02 Å². The van der Waals surface area contributed by atoms with E-state index in [0.717, 1.165) is 0 Å². The minimum atomic E-state index is -0.559. The molecule has 15 heavy (non-hydrogen) atoms. The van der Waals surface area contributed by atoms with E-state index in [1.165, 1.54) is 7.11 Å². The summed E-state index contributed by atoms with van der Waals surface area (Å²) < 4.78 is 10.0. The summed E-state index contributed by atoms with van der Waals surface area (Å²) in [4.78, 5) is 11.2. The van der Waals surface area contributed by atoms with E-state index in [9.17, 15) is 4.79 Å². The van der Waals surface area contributed by atoms with Gasteiger partial charge in [0.25, 0.3) is 0 Å².